The number of ether oxygens (including phenoxy) is 1. The normalized spacial score (nSPS) is 17.4. The van der Waals surface area contributed by atoms with Crippen LogP contribution < -0.4 is 15.8 Å². The Labute approximate surface area is 168 Å². The lowest BCUT2D eigenvalue weighted by Gasteiger charge is -2.33. The molecule has 2 rings (SSSR count). The van der Waals surface area contributed by atoms with Gasteiger partial charge >= 0.3 is 0 Å². The minimum absolute atomic E-state index is 0.0578. The number of nitrogens with zero attached hydrogens (tertiary/aromatic N) is 1. The van der Waals surface area contributed by atoms with Crippen molar-refractivity contribution >= 4 is 35.3 Å². The first kappa shape index (κ1) is 21.5. The summed E-state index contributed by atoms with van der Waals surface area (Å²) in [5, 5.41) is 20.7. The van der Waals surface area contributed by atoms with E-state index in [0.717, 1.165) is 38.3 Å². The Morgan fingerprint density at radius 1 is 1.41 bits per heavy atom. The predicted molar refractivity (Wildman–Crippen MR) is 107 cm³/mol. The van der Waals surface area contributed by atoms with Crippen LogP contribution in [0.1, 0.15) is 12.8 Å². The Morgan fingerprint density at radius 3 is 2.70 bits per heavy atom. The zero-order valence-corrected chi connectivity index (χ0v) is 16.3. The second-order valence-corrected chi connectivity index (χ2v) is 7.14. The third kappa shape index (κ3) is 6.70. The third-order valence-electron chi connectivity index (χ3n) is 4.29. The van der Waals surface area contributed by atoms with Crippen molar-refractivity contribution in [2.75, 3.05) is 26.2 Å². The van der Waals surface area contributed by atoms with E-state index in [9.17, 15) is 9.90 Å². The monoisotopic (exact) mass is 414 g/mol. The first-order valence-corrected chi connectivity index (χ1v) is 9.41. The Hall–Kier alpha value is -1.80. The zero-order chi connectivity index (χ0) is 19.8. The molecule has 0 aliphatic carbocycles. The molecule has 1 heterocycles. The number of nitrogens with two attached hydrogens (primary N) is 1. The van der Waals surface area contributed by atoms with Gasteiger partial charge in [0.25, 0.3) is 5.91 Å². The molecule has 7 nitrogen and oxygen atoms in total. The van der Waals surface area contributed by atoms with Crippen molar-refractivity contribution in [3.05, 3.63) is 40.0 Å². The van der Waals surface area contributed by atoms with Crippen LogP contribution in [0.5, 0.6) is 5.75 Å². The number of nitrogens with one attached hydrogen (secondary N) is 2. The number of aliphatic hydroxyl groups is 1. The summed E-state index contributed by atoms with van der Waals surface area (Å²) in [7, 11) is 0. The number of rotatable bonds is 8. The van der Waals surface area contributed by atoms with Gasteiger partial charge in [-0.1, -0.05) is 23.2 Å². The van der Waals surface area contributed by atoms with E-state index < -0.39 is 12.0 Å². The number of carbonyl (C=O) groups is 1. The van der Waals surface area contributed by atoms with Crippen LogP contribution in [0.2, 0.25) is 10.0 Å². The summed E-state index contributed by atoms with van der Waals surface area (Å²) in [6.07, 6.45) is 2.97. The van der Waals surface area contributed by atoms with Crippen molar-refractivity contribution in [2.45, 2.75) is 25.0 Å². The first-order chi connectivity index (χ1) is 12.9. The van der Waals surface area contributed by atoms with Gasteiger partial charge in [0.05, 0.1) is 21.7 Å². The number of amides is 1. The van der Waals surface area contributed by atoms with Gasteiger partial charge in [-0.3, -0.25) is 4.79 Å². The van der Waals surface area contributed by atoms with E-state index in [0.29, 0.717) is 22.3 Å². The number of hydrogen-bond donors (Lipinski definition) is 4. The maximum atomic E-state index is 11.7. The molecule has 1 aliphatic rings. The van der Waals surface area contributed by atoms with E-state index in [4.69, 9.17) is 39.1 Å². The predicted octanol–water partition coefficient (Wildman–Crippen LogP) is 1.81. The van der Waals surface area contributed by atoms with E-state index >= 15 is 0 Å². The van der Waals surface area contributed by atoms with Crippen LogP contribution in [0.25, 0.3) is 0 Å². The topological polar surface area (TPSA) is 112 Å². The molecule has 1 aliphatic heterocycles. The standard InChI is InChI=1S/C18H24Cl2N4O3/c19-16-2-1-15(7-17(16)20)27-14-3-5-24(6-4-14)11-13(25)10-23-18(26)12(8-21)9-22/h1-2,7-9,13-14,21,25H,3-6,10-11,22H2,(H,23,26)/b12-9+,21-8?/t13-/m1/s1. The number of piperidine rings is 1. The molecule has 0 unspecified atom stereocenters. The lowest BCUT2D eigenvalue weighted by atomic mass is 10.1. The number of aliphatic hydroxyl groups excluding tert-OH is 1. The average molecular weight is 415 g/mol. The molecule has 0 spiro atoms. The molecule has 1 aromatic carbocycles. The highest BCUT2D eigenvalue weighted by molar-refractivity contribution is 6.42. The van der Waals surface area contributed by atoms with Crippen LogP contribution in [-0.4, -0.2) is 60.5 Å². The zero-order valence-electron chi connectivity index (χ0n) is 14.8. The van der Waals surface area contributed by atoms with Crippen molar-refractivity contribution < 1.29 is 14.6 Å². The van der Waals surface area contributed by atoms with Crippen LogP contribution >= 0.6 is 23.2 Å². The maximum Gasteiger partial charge on any atom is 0.254 e. The molecule has 27 heavy (non-hydrogen) atoms. The number of carbonyl (C=O) groups excluding carboxylic acids is 1. The summed E-state index contributed by atoms with van der Waals surface area (Å²) < 4.78 is 5.95. The summed E-state index contributed by atoms with van der Waals surface area (Å²) in [4.78, 5) is 13.8. The third-order valence-corrected chi connectivity index (χ3v) is 5.03. The van der Waals surface area contributed by atoms with Crippen LogP contribution in [-0.2, 0) is 4.79 Å². The molecule has 1 atom stereocenters. The minimum Gasteiger partial charge on any atom is -0.490 e. The van der Waals surface area contributed by atoms with E-state index in [1.165, 1.54) is 0 Å². The smallest absolute Gasteiger partial charge is 0.254 e. The molecule has 1 aromatic rings. The van der Waals surface area contributed by atoms with Gasteiger partial charge in [0, 0.05) is 44.7 Å². The van der Waals surface area contributed by atoms with Crippen LogP contribution in [0.3, 0.4) is 0 Å². The Bertz CT molecular complexity index is 691. The summed E-state index contributed by atoms with van der Waals surface area (Å²) in [6, 6.07) is 5.22. The van der Waals surface area contributed by atoms with Crippen molar-refractivity contribution in [3.63, 3.8) is 0 Å². The van der Waals surface area contributed by atoms with Gasteiger partial charge in [-0.15, -0.1) is 0 Å². The molecule has 1 amide bonds. The molecule has 9 heteroatoms. The summed E-state index contributed by atoms with van der Waals surface area (Å²) in [5.41, 5.74) is 5.31. The van der Waals surface area contributed by atoms with E-state index in [2.05, 4.69) is 10.2 Å². The molecule has 0 aromatic heterocycles. The second kappa shape index (κ2) is 10.5. The number of benzene rings is 1. The number of halogens is 2. The first-order valence-electron chi connectivity index (χ1n) is 8.65. The quantitative estimate of drug-likeness (QED) is 0.382. The molecular formula is C18H24Cl2N4O3. The van der Waals surface area contributed by atoms with Gasteiger partial charge in [0.2, 0.25) is 0 Å². The fourth-order valence-corrected chi connectivity index (χ4v) is 3.10. The highest BCUT2D eigenvalue weighted by atomic mass is 35.5. The lowest BCUT2D eigenvalue weighted by Crippen LogP contribution is -2.45. The van der Waals surface area contributed by atoms with Crippen LogP contribution in [0.4, 0.5) is 0 Å². The molecule has 1 fully saturated rings. The van der Waals surface area contributed by atoms with Gasteiger partial charge in [-0.2, -0.15) is 0 Å². The van der Waals surface area contributed by atoms with Crippen molar-refractivity contribution in [2.24, 2.45) is 5.73 Å². The van der Waals surface area contributed by atoms with Gasteiger partial charge in [0.1, 0.15) is 11.9 Å². The van der Waals surface area contributed by atoms with Crippen molar-refractivity contribution in [1.82, 2.24) is 10.2 Å². The molecule has 5 N–H and O–H groups in total. The van der Waals surface area contributed by atoms with E-state index in [-0.39, 0.29) is 18.2 Å². The molecule has 1 saturated heterocycles. The largest absolute Gasteiger partial charge is 0.490 e. The highest BCUT2D eigenvalue weighted by Gasteiger charge is 2.22. The summed E-state index contributed by atoms with van der Waals surface area (Å²) >= 11 is 11.9. The van der Waals surface area contributed by atoms with Crippen LogP contribution in [0.15, 0.2) is 30.0 Å². The summed E-state index contributed by atoms with van der Waals surface area (Å²) in [5.74, 6) is 0.223. The van der Waals surface area contributed by atoms with E-state index in [1.54, 1.807) is 18.2 Å². The van der Waals surface area contributed by atoms with Gasteiger partial charge in [-0.25, -0.2) is 0 Å². The lowest BCUT2D eigenvalue weighted by molar-refractivity contribution is -0.117. The Kier molecular flexibility index (Phi) is 8.37. The average Bonchev–Trinajstić information content (AvgIpc) is 2.65. The highest BCUT2D eigenvalue weighted by Crippen LogP contribution is 2.28. The SMILES string of the molecule is N=C/C(=C\N)C(=O)NC[C@@H](O)CN1CCC(Oc2ccc(Cl)c(Cl)c2)CC1. The second-order valence-electron chi connectivity index (χ2n) is 6.32. The molecule has 148 valence electrons. The number of β-amino-alcohol motifs (C(OH)–C–C–N with tert-alkyl or cyclic N) is 1. The maximum absolute atomic E-state index is 11.7. The van der Waals surface area contributed by atoms with Gasteiger partial charge in [-0.05, 0) is 25.0 Å². The van der Waals surface area contributed by atoms with Crippen LogP contribution in [0, 0.1) is 5.41 Å². The number of hydrogen-bond acceptors (Lipinski definition) is 6. The fraction of sp³-hybridized carbons (Fsp3) is 0.444. The van der Waals surface area contributed by atoms with Gasteiger partial charge < -0.3 is 31.2 Å². The Balaban J connectivity index is 1.71. The molecule has 0 bridgehead atoms. The van der Waals surface area contributed by atoms with Crippen molar-refractivity contribution in [1.29, 1.82) is 5.41 Å². The van der Waals surface area contributed by atoms with Gasteiger partial charge in [0.15, 0.2) is 0 Å². The summed E-state index contributed by atoms with van der Waals surface area (Å²) in [6.45, 7) is 2.12. The number of likely N-dealkylation sites (tertiary alicyclic amines) is 1. The Morgan fingerprint density at radius 2 is 2.11 bits per heavy atom. The fourth-order valence-electron chi connectivity index (χ4n) is 2.82. The van der Waals surface area contributed by atoms with E-state index in [1.807, 2.05) is 0 Å². The molecular weight excluding hydrogens is 391 g/mol. The minimum atomic E-state index is -0.703. The molecule has 0 saturated carbocycles. The van der Waals surface area contributed by atoms with Crippen molar-refractivity contribution in [3.8, 4) is 5.75 Å². The molecule has 0 radical (unpaired) electrons.